The molecule has 0 atom stereocenters. The molecule has 4 saturated carbocycles. The van der Waals surface area contributed by atoms with Crippen molar-refractivity contribution in [2.24, 2.45) is 23.2 Å². The molecule has 7 heteroatoms. The first kappa shape index (κ1) is 17.4. The third-order valence-electron chi connectivity index (χ3n) is 6.98. The van der Waals surface area contributed by atoms with Gasteiger partial charge in [0, 0.05) is 12.3 Å². The lowest BCUT2D eigenvalue weighted by Crippen LogP contribution is -2.51. The lowest BCUT2D eigenvalue weighted by Gasteiger charge is -2.55. The van der Waals surface area contributed by atoms with Gasteiger partial charge in [0.05, 0.1) is 5.41 Å². The van der Waals surface area contributed by atoms with Crippen LogP contribution in [0.1, 0.15) is 51.4 Å². The van der Waals surface area contributed by atoms with Crippen molar-refractivity contribution in [3.05, 3.63) is 0 Å². The van der Waals surface area contributed by atoms with E-state index in [1.165, 1.54) is 56.5 Å². The summed E-state index contributed by atoms with van der Waals surface area (Å²) in [5, 5.41) is 12.3. The Kier molecular flexibility index (Phi) is 4.73. The molecule has 6 rings (SSSR count). The highest BCUT2D eigenvalue weighted by atomic mass is 32.2. The van der Waals surface area contributed by atoms with Crippen LogP contribution in [0.3, 0.4) is 0 Å². The average Bonchev–Trinajstić information content (AvgIpc) is 3.26. The second-order valence-corrected chi connectivity index (χ2v) is 11.2. The van der Waals surface area contributed by atoms with Crippen LogP contribution in [0.5, 0.6) is 0 Å². The largest absolute Gasteiger partial charge is 0.303 e. The van der Waals surface area contributed by atoms with Gasteiger partial charge < -0.3 is 10.2 Å². The van der Waals surface area contributed by atoms with Crippen LogP contribution in [-0.2, 0) is 4.79 Å². The molecule has 26 heavy (non-hydrogen) atoms. The molecule has 2 heterocycles. The minimum Gasteiger partial charge on any atom is -0.303 e. The maximum Gasteiger partial charge on any atom is 0.232 e. The standard InChI is InChI=1S/C19H28N4OS2/c24-16(19-10-13-7-14(11-19)9-15(8-13)12-19)20-17-21-22-18(26-17)25-6-5-23-3-1-2-4-23/h13-15H,1-12H2,(H,20,21,24). The van der Waals surface area contributed by atoms with Gasteiger partial charge in [0.25, 0.3) is 0 Å². The molecule has 0 spiro atoms. The SMILES string of the molecule is O=C(Nc1nnc(SCCN2CCCC2)s1)C12CC3CC(CC(C3)C1)C2. The highest BCUT2D eigenvalue weighted by Crippen LogP contribution is 2.60. The van der Waals surface area contributed by atoms with Gasteiger partial charge in [0.15, 0.2) is 4.34 Å². The van der Waals surface area contributed by atoms with E-state index in [1.54, 1.807) is 11.8 Å². The predicted octanol–water partition coefficient (Wildman–Crippen LogP) is 3.88. The first-order chi connectivity index (χ1) is 12.7. The quantitative estimate of drug-likeness (QED) is 0.588. The molecule has 4 aliphatic carbocycles. The second-order valence-electron chi connectivity index (χ2n) is 8.92. The fraction of sp³-hybridized carbons (Fsp3) is 0.842. The van der Waals surface area contributed by atoms with Gasteiger partial charge in [0.2, 0.25) is 11.0 Å². The Morgan fingerprint density at radius 3 is 2.42 bits per heavy atom. The Morgan fingerprint density at radius 2 is 1.77 bits per heavy atom. The number of amides is 1. The molecule has 0 aromatic carbocycles. The van der Waals surface area contributed by atoms with Gasteiger partial charge in [-0.25, -0.2) is 0 Å². The van der Waals surface area contributed by atoms with Crippen LogP contribution in [0.25, 0.3) is 0 Å². The van der Waals surface area contributed by atoms with Gasteiger partial charge in [-0.15, -0.1) is 10.2 Å². The molecule has 1 aromatic heterocycles. The van der Waals surface area contributed by atoms with Gasteiger partial charge in [-0.3, -0.25) is 4.79 Å². The van der Waals surface area contributed by atoms with E-state index in [-0.39, 0.29) is 11.3 Å². The van der Waals surface area contributed by atoms with Gasteiger partial charge in [-0.1, -0.05) is 23.1 Å². The highest BCUT2D eigenvalue weighted by Gasteiger charge is 2.54. The van der Waals surface area contributed by atoms with Crippen LogP contribution < -0.4 is 5.32 Å². The van der Waals surface area contributed by atoms with Crippen molar-refractivity contribution >= 4 is 34.1 Å². The summed E-state index contributed by atoms with van der Waals surface area (Å²) in [7, 11) is 0. The van der Waals surface area contributed by atoms with E-state index in [0.717, 1.165) is 53.7 Å². The number of carbonyl (C=O) groups excluding carboxylic acids is 1. The van der Waals surface area contributed by atoms with Crippen molar-refractivity contribution in [2.45, 2.75) is 55.7 Å². The molecule has 1 N–H and O–H groups in total. The summed E-state index contributed by atoms with van der Waals surface area (Å²) in [4.78, 5) is 15.6. The van der Waals surface area contributed by atoms with Gasteiger partial charge in [0.1, 0.15) is 0 Å². The number of carbonyl (C=O) groups is 1. The number of thioether (sulfide) groups is 1. The normalized spacial score (nSPS) is 35.9. The second kappa shape index (κ2) is 7.06. The summed E-state index contributed by atoms with van der Waals surface area (Å²) in [5.74, 6) is 3.65. The van der Waals surface area contributed by atoms with Crippen molar-refractivity contribution < 1.29 is 4.79 Å². The van der Waals surface area contributed by atoms with Crippen LogP contribution in [0, 0.1) is 23.2 Å². The summed E-state index contributed by atoms with van der Waals surface area (Å²) in [6.45, 7) is 3.60. The summed E-state index contributed by atoms with van der Waals surface area (Å²) >= 11 is 3.30. The number of hydrogen-bond acceptors (Lipinski definition) is 6. The molecule has 1 aromatic rings. The molecule has 142 valence electrons. The number of nitrogens with zero attached hydrogens (tertiary/aromatic N) is 3. The number of rotatable bonds is 6. The molecule has 5 fully saturated rings. The molecule has 1 amide bonds. The maximum atomic E-state index is 13.1. The smallest absolute Gasteiger partial charge is 0.232 e. The first-order valence-electron chi connectivity index (χ1n) is 10.2. The van der Waals surface area contributed by atoms with Crippen LogP contribution in [0.4, 0.5) is 5.13 Å². The van der Waals surface area contributed by atoms with Crippen LogP contribution >= 0.6 is 23.1 Å². The van der Waals surface area contributed by atoms with E-state index in [0.29, 0.717) is 5.13 Å². The average molecular weight is 393 g/mol. The zero-order chi connectivity index (χ0) is 17.6. The van der Waals surface area contributed by atoms with Gasteiger partial charge in [-0.05, 0) is 82.2 Å². The topological polar surface area (TPSA) is 58.1 Å². The molecule has 1 aliphatic heterocycles. The summed E-state index contributed by atoms with van der Waals surface area (Å²) in [6.07, 6.45) is 10.1. The van der Waals surface area contributed by atoms with E-state index >= 15 is 0 Å². The Hall–Kier alpha value is -0.660. The maximum absolute atomic E-state index is 13.1. The van der Waals surface area contributed by atoms with E-state index in [4.69, 9.17) is 0 Å². The minimum atomic E-state index is -0.108. The molecule has 1 saturated heterocycles. The number of nitrogens with one attached hydrogen (secondary N) is 1. The molecule has 4 bridgehead atoms. The Bertz CT molecular complexity index is 635. The van der Waals surface area contributed by atoms with Crippen LogP contribution in [-0.4, -0.2) is 46.4 Å². The fourth-order valence-corrected chi connectivity index (χ4v) is 8.02. The van der Waals surface area contributed by atoms with E-state index in [2.05, 4.69) is 20.4 Å². The summed E-state index contributed by atoms with van der Waals surface area (Å²) in [6, 6.07) is 0. The number of likely N-dealkylation sites (tertiary alicyclic amines) is 1. The molecule has 0 unspecified atom stereocenters. The molecular weight excluding hydrogens is 364 g/mol. The Labute approximate surface area is 163 Å². The van der Waals surface area contributed by atoms with Crippen molar-refractivity contribution in [2.75, 3.05) is 30.7 Å². The highest BCUT2D eigenvalue weighted by molar-refractivity contribution is 8.01. The lowest BCUT2D eigenvalue weighted by molar-refractivity contribution is -0.140. The van der Waals surface area contributed by atoms with Gasteiger partial charge in [-0.2, -0.15) is 0 Å². The Balaban J connectivity index is 1.16. The van der Waals surface area contributed by atoms with Crippen LogP contribution in [0.15, 0.2) is 4.34 Å². The van der Waals surface area contributed by atoms with E-state index in [9.17, 15) is 4.79 Å². The van der Waals surface area contributed by atoms with Crippen molar-refractivity contribution in [3.63, 3.8) is 0 Å². The lowest BCUT2D eigenvalue weighted by atomic mass is 9.49. The summed E-state index contributed by atoms with van der Waals surface area (Å²) in [5.41, 5.74) is -0.108. The van der Waals surface area contributed by atoms with Crippen LogP contribution in [0.2, 0.25) is 0 Å². The zero-order valence-corrected chi connectivity index (χ0v) is 16.9. The molecule has 5 aliphatic rings. The van der Waals surface area contributed by atoms with Gasteiger partial charge >= 0.3 is 0 Å². The first-order valence-corrected chi connectivity index (χ1v) is 12.0. The predicted molar refractivity (Wildman–Crippen MR) is 106 cm³/mol. The molecular formula is C19H28N4OS2. The molecule has 0 radical (unpaired) electrons. The third-order valence-corrected chi connectivity index (χ3v) is 8.93. The Morgan fingerprint density at radius 1 is 1.12 bits per heavy atom. The minimum absolute atomic E-state index is 0.108. The fourth-order valence-electron chi connectivity index (χ4n) is 6.21. The van der Waals surface area contributed by atoms with E-state index < -0.39 is 0 Å². The monoisotopic (exact) mass is 392 g/mol. The third kappa shape index (κ3) is 3.42. The zero-order valence-electron chi connectivity index (χ0n) is 15.3. The molecule has 5 nitrogen and oxygen atoms in total. The summed E-state index contributed by atoms with van der Waals surface area (Å²) < 4.78 is 0.977. The number of hydrogen-bond donors (Lipinski definition) is 1. The van der Waals surface area contributed by atoms with E-state index in [1.807, 2.05) is 0 Å². The number of anilines is 1. The van der Waals surface area contributed by atoms with Crippen molar-refractivity contribution in [1.82, 2.24) is 15.1 Å². The number of aromatic nitrogens is 2. The van der Waals surface area contributed by atoms with Crippen molar-refractivity contribution in [3.8, 4) is 0 Å². The van der Waals surface area contributed by atoms with Crippen molar-refractivity contribution in [1.29, 1.82) is 0 Å².